The van der Waals surface area contributed by atoms with Gasteiger partial charge in [-0.25, -0.2) is 10.4 Å². The Bertz CT molecular complexity index is 1550. The first-order valence-corrected chi connectivity index (χ1v) is 15.7. The number of rotatable bonds is 13. The van der Waals surface area contributed by atoms with Crippen molar-refractivity contribution < 1.29 is 19.4 Å². The highest BCUT2D eigenvalue weighted by molar-refractivity contribution is 9.10. The van der Waals surface area contributed by atoms with E-state index in [0.717, 1.165) is 32.1 Å². The molecule has 7 nitrogen and oxygen atoms in total. The Balaban J connectivity index is 1.50. The highest BCUT2D eigenvalue weighted by atomic mass is 79.9. The molecule has 4 aromatic rings. The van der Waals surface area contributed by atoms with E-state index in [1.54, 1.807) is 0 Å². The second-order valence-corrected chi connectivity index (χ2v) is 11.9. The quantitative estimate of drug-likeness (QED) is 0.112. The van der Waals surface area contributed by atoms with Gasteiger partial charge in [0.25, 0.3) is 5.91 Å². The van der Waals surface area contributed by atoms with Gasteiger partial charge in [-0.1, -0.05) is 98.6 Å². The zero-order valence-corrected chi connectivity index (χ0v) is 26.7. The summed E-state index contributed by atoms with van der Waals surface area (Å²) < 4.78 is 14.0. The number of nitrogens with zero attached hydrogens (tertiary/aromatic N) is 1. The van der Waals surface area contributed by atoms with E-state index in [9.17, 15) is 4.79 Å². The van der Waals surface area contributed by atoms with Crippen LogP contribution in [0.5, 0.6) is 5.75 Å². The minimum Gasteiger partial charge on any atom is -0.494 e. The lowest BCUT2D eigenvalue weighted by atomic mass is 9.82. The number of hydrogen-bond donors (Lipinski definition) is 3. The summed E-state index contributed by atoms with van der Waals surface area (Å²) in [7, 11) is 0. The second kappa shape index (κ2) is 14.8. The van der Waals surface area contributed by atoms with Gasteiger partial charge in [-0.05, 0) is 53.9 Å². The van der Waals surface area contributed by atoms with Gasteiger partial charge in [-0.3, -0.25) is 10.2 Å². The molecule has 0 unspecified atom stereocenters. The highest BCUT2D eigenvalue weighted by Gasteiger charge is 2.54. The summed E-state index contributed by atoms with van der Waals surface area (Å²) in [5, 5.41) is 9.05. The van der Waals surface area contributed by atoms with Crippen molar-refractivity contribution in [3.63, 3.8) is 0 Å². The number of carbonyl (C=O) groups excluding carboxylic acids is 1. The predicted octanol–water partition coefficient (Wildman–Crippen LogP) is 6.34. The number of carbonyl (C=O) groups is 1. The van der Waals surface area contributed by atoms with Crippen molar-refractivity contribution in [2.75, 3.05) is 19.8 Å². The van der Waals surface area contributed by atoms with Crippen LogP contribution in [0.25, 0.3) is 0 Å². The van der Waals surface area contributed by atoms with Gasteiger partial charge in [-0.2, -0.15) is 0 Å². The standard InChI is InChI=1S/C34H33Br2N3O4/c35-29-13-6-4-11-26(29)23-34(33(41)39-37-20-19-24-9-2-1-3-10-24)31(28-12-5-7-14-30(28)36)43-32(38-34)25-15-17-27(18-16-25)42-22-8-21-40/h1-7,9-18,31,37,40H,8,19-23H2,(H,39,41)/t31-,34-/m0/s1. The molecule has 0 aromatic heterocycles. The average molecular weight is 707 g/mol. The monoisotopic (exact) mass is 705 g/mol. The summed E-state index contributed by atoms with van der Waals surface area (Å²) in [6.07, 6.45) is 0.876. The Labute approximate surface area is 268 Å². The molecular formula is C34H33Br2N3O4. The number of amides is 1. The molecule has 0 aliphatic carbocycles. The molecule has 0 spiro atoms. The lowest BCUT2D eigenvalue weighted by Gasteiger charge is -2.31. The van der Waals surface area contributed by atoms with Crippen LogP contribution in [0.15, 0.2) is 117 Å². The van der Waals surface area contributed by atoms with E-state index in [2.05, 4.69) is 54.8 Å². The zero-order chi connectivity index (χ0) is 30.1. The van der Waals surface area contributed by atoms with Crippen LogP contribution in [0.4, 0.5) is 0 Å². The van der Waals surface area contributed by atoms with Gasteiger partial charge >= 0.3 is 0 Å². The number of aliphatic imine (C=N–C) groups is 1. The number of halogens is 2. The molecule has 222 valence electrons. The zero-order valence-electron chi connectivity index (χ0n) is 23.5. The molecule has 43 heavy (non-hydrogen) atoms. The number of nitrogens with one attached hydrogen (secondary N) is 2. The lowest BCUT2D eigenvalue weighted by molar-refractivity contribution is -0.130. The SMILES string of the molecule is O=C(NNCCc1ccccc1)[C@@]1(Cc2ccccc2Br)N=C(c2ccc(OCCCO)cc2)O[C@H]1c1ccccc1Br. The van der Waals surface area contributed by atoms with E-state index in [0.29, 0.717) is 37.6 Å². The van der Waals surface area contributed by atoms with Gasteiger partial charge < -0.3 is 14.6 Å². The van der Waals surface area contributed by atoms with E-state index in [-0.39, 0.29) is 12.5 Å². The number of aliphatic hydroxyl groups excluding tert-OH is 1. The van der Waals surface area contributed by atoms with Crippen molar-refractivity contribution in [1.29, 1.82) is 0 Å². The van der Waals surface area contributed by atoms with Crippen molar-refractivity contribution in [2.24, 2.45) is 4.99 Å². The summed E-state index contributed by atoms with van der Waals surface area (Å²) >= 11 is 7.37. The van der Waals surface area contributed by atoms with Crippen molar-refractivity contribution in [1.82, 2.24) is 10.9 Å². The summed E-state index contributed by atoms with van der Waals surface area (Å²) in [4.78, 5) is 19.4. The van der Waals surface area contributed by atoms with Gasteiger partial charge in [0.1, 0.15) is 5.75 Å². The van der Waals surface area contributed by atoms with Crippen molar-refractivity contribution in [3.05, 3.63) is 134 Å². The predicted molar refractivity (Wildman–Crippen MR) is 175 cm³/mol. The van der Waals surface area contributed by atoms with E-state index >= 15 is 0 Å². The second-order valence-electron chi connectivity index (χ2n) is 10.2. The third-order valence-electron chi connectivity index (χ3n) is 7.22. The summed E-state index contributed by atoms with van der Waals surface area (Å²) in [5.74, 6) is 0.753. The Kier molecular flexibility index (Phi) is 10.6. The van der Waals surface area contributed by atoms with Gasteiger partial charge in [0.05, 0.1) is 6.61 Å². The van der Waals surface area contributed by atoms with Crippen molar-refractivity contribution in [3.8, 4) is 5.75 Å². The Morgan fingerprint density at radius 3 is 2.33 bits per heavy atom. The van der Waals surface area contributed by atoms with E-state index in [4.69, 9.17) is 19.6 Å². The average Bonchev–Trinajstić information content (AvgIpc) is 3.42. The van der Waals surface area contributed by atoms with Crippen LogP contribution in [0.2, 0.25) is 0 Å². The first-order chi connectivity index (χ1) is 21.0. The van der Waals surface area contributed by atoms with Crippen LogP contribution < -0.4 is 15.6 Å². The minimum atomic E-state index is -1.33. The van der Waals surface area contributed by atoms with Crippen LogP contribution in [-0.4, -0.2) is 42.2 Å². The molecule has 0 fully saturated rings. The van der Waals surface area contributed by atoms with Crippen LogP contribution >= 0.6 is 31.9 Å². The molecule has 2 atom stereocenters. The van der Waals surface area contributed by atoms with Gasteiger partial charge in [0.2, 0.25) is 5.90 Å². The molecule has 0 saturated heterocycles. The molecular weight excluding hydrogens is 674 g/mol. The molecule has 1 amide bonds. The number of hydrazine groups is 1. The Hall–Kier alpha value is -3.50. The third kappa shape index (κ3) is 7.54. The third-order valence-corrected chi connectivity index (χ3v) is 8.71. The minimum absolute atomic E-state index is 0.0714. The normalized spacial score (nSPS) is 17.7. The van der Waals surface area contributed by atoms with Crippen LogP contribution in [0.1, 0.15) is 34.8 Å². The maximum absolute atomic E-state index is 14.3. The van der Waals surface area contributed by atoms with Crippen LogP contribution in [0, 0.1) is 0 Å². The van der Waals surface area contributed by atoms with E-state index in [1.165, 1.54) is 5.56 Å². The summed E-state index contributed by atoms with van der Waals surface area (Å²) in [6.45, 7) is 1.04. The number of hydrogen-bond acceptors (Lipinski definition) is 6. The molecule has 1 heterocycles. The molecule has 4 aromatic carbocycles. The largest absolute Gasteiger partial charge is 0.494 e. The van der Waals surface area contributed by atoms with Crippen molar-refractivity contribution in [2.45, 2.75) is 30.9 Å². The van der Waals surface area contributed by atoms with Crippen LogP contribution in [-0.2, 0) is 22.4 Å². The molecule has 0 bridgehead atoms. The molecule has 1 aliphatic rings. The molecule has 3 N–H and O–H groups in total. The first-order valence-electron chi connectivity index (χ1n) is 14.2. The van der Waals surface area contributed by atoms with E-state index < -0.39 is 11.6 Å². The van der Waals surface area contributed by atoms with Gasteiger partial charge in [0, 0.05) is 46.1 Å². The maximum Gasteiger partial charge on any atom is 0.266 e. The molecule has 9 heteroatoms. The van der Waals surface area contributed by atoms with Gasteiger partial charge in [0.15, 0.2) is 11.6 Å². The molecule has 1 aliphatic heterocycles. The maximum atomic E-state index is 14.3. The van der Waals surface area contributed by atoms with Gasteiger partial charge in [-0.15, -0.1) is 0 Å². The topological polar surface area (TPSA) is 92.2 Å². The van der Waals surface area contributed by atoms with Crippen molar-refractivity contribution >= 4 is 43.7 Å². The smallest absolute Gasteiger partial charge is 0.266 e. The van der Waals surface area contributed by atoms with E-state index in [1.807, 2.05) is 91.0 Å². The summed E-state index contributed by atoms with van der Waals surface area (Å²) in [5.41, 5.74) is 8.40. The molecule has 0 radical (unpaired) electrons. The molecule has 0 saturated carbocycles. The highest BCUT2D eigenvalue weighted by Crippen LogP contribution is 2.45. The fourth-order valence-electron chi connectivity index (χ4n) is 4.98. The fourth-order valence-corrected chi connectivity index (χ4v) is 5.90. The first kappa shape index (κ1) is 30.9. The van der Waals surface area contributed by atoms with Crippen LogP contribution in [0.3, 0.4) is 0 Å². The number of ether oxygens (including phenoxy) is 2. The number of benzene rings is 4. The Morgan fingerprint density at radius 1 is 0.907 bits per heavy atom. The fraction of sp³-hybridized carbons (Fsp3) is 0.235. The Morgan fingerprint density at radius 2 is 1.60 bits per heavy atom. The molecule has 5 rings (SSSR count). The summed E-state index contributed by atoms with van der Waals surface area (Å²) in [6, 6.07) is 33.1. The number of aliphatic hydroxyl groups is 1. The lowest BCUT2D eigenvalue weighted by Crippen LogP contribution is -2.54.